The number of aromatic carboxylic acids is 1. The Hall–Kier alpha value is -1.57. The lowest BCUT2D eigenvalue weighted by Gasteiger charge is -2.18. The first kappa shape index (κ1) is 11.5. The fourth-order valence-electron chi connectivity index (χ4n) is 2.18. The Morgan fingerprint density at radius 3 is 3.06 bits per heavy atom. The van der Waals surface area contributed by atoms with Crippen molar-refractivity contribution < 1.29 is 14.6 Å². The SMILES string of the molecule is Cn1nc(C(=O)O)c2c1-c1cc(I)ccc1OC2. The molecule has 0 spiro atoms. The van der Waals surface area contributed by atoms with Crippen LogP contribution in [-0.2, 0) is 13.7 Å². The molecule has 18 heavy (non-hydrogen) atoms. The number of aromatic nitrogens is 2. The Labute approximate surface area is 117 Å². The summed E-state index contributed by atoms with van der Waals surface area (Å²) < 4.78 is 8.27. The van der Waals surface area contributed by atoms with Crippen molar-refractivity contribution >= 4 is 28.6 Å². The number of nitrogens with zero attached hydrogens (tertiary/aromatic N) is 2. The molecule has 1 aliphatic heterocycles. The van der Waals surface area contributed by atoms with Gasteiger partial charge in [0.2, 0.25) is 0 Å². The Balaban J connectivity index is 2.30. The molecule has 0 amide bonds. The highest BCUT2D eigenvalue weighted by Crippen LogP contribution is 2.39. The van der Waals surface area contributed by atoms with Crippen molar-refractivity contribution in [3.8, 4) is 17.0 Å². The average molecular weight is 356 g/mol. The minimum Gasteiger partial charge on any atom is -0.488 e. The molecule has 0 radical (unpaired) electrons. The van der Waals surface area contributed by atoms with Crippen LogP contribution in [0.4, 0.5) is 0 Å². The van der Waals surface area contributed by atoms with E-state index >= 15 is 0 Å². The average Bonchev–Trinajstić information content (AvgIpc) is 2.67. The van der Waals surface area contributed by atoms with Gasteiger partial charge in [-0.15, -0.1) is 0 Å². The van der Waals surface area contributed by atoms with E-state index < -0.39 is 5.97 Å². The molecule has 5 nitrogen and oxygen atoms in total. The first-order valence-corrected chi connectivity index (χ1v) is 6.37. The number of carboxylic acids is 1. The summed E-state index contributed by atoms with van der Waals surface area (Å²) in [6.45, 7) is 0.248. The smallest absolute Gasteiger partial charge is 0.356 e. The van der Waals surface area contributed by atoms with Gasteiger partial charge in [0.05, 0.1) is 11.3 Å². The van der Waals surface area contributed by atoms with E-state index in [4.69, 9.17) is 9.84 Å². The van der Waals surface area contributed by atoms with Crippen molar-refractivity contribution in [3.63, 3.8) is 0 Å². The maximum Gasteiger partial charge on any atom is 0.356 e. The van der Waals surface area contributed by atoms with Crippen molar-refractivity contribution in [3.05, 3.63) is 33.0 Å². The second-order valence-electron chi connectivity index (χ2n) is 4.03. The Kier molecular flexibility index (Phi) is 2.54. The number of fused-ring (bicyclic) bond motifs is 3. The van der Waals surface area contributed by atoms with Gasteiger partial charge in [0.15, 0.2) is 5.69 Å². The van der Waals surface area contributed by atoms with Crippen LogP contribution < -0.4 is 4.74 Å². The molecule has 1 aromatic carbocycles. The highest BCUT2D eigenvalue weighted by Gasteiger charge is 2.28. The van der Waals surface area contributed by atoms with E-state index in [-0.39, 0.29) is 12.3 Å². The molecule has 2 heterocycles. The number of ether oxygens (including phenoxy) is 1. The minimum atomic E-state index is -1.02. The molecule has 0 fully saturated rings. The molecular weight excluding hydrogens is 347 g/mol. The molecule has 0 aliphatic carbocycles. The maximum atomic E-state index is 11.1. The van der Waals surface area contributed by atoms with Gasteiger partial charge in [0, 0.05) is 16.2 Å². The van der Waals surface area contributed by atoms with E-state index in [2.05, 4.69) is 27.7 Å². The summed E-state index contributed by atoms with van der Waals surface area (Å²) in [6, 6.07) is 5.83. The molecule has 6 heteroatoms. The monoisotopic (exact) mass is 356 g/mol. The van der Waals surface area contributed by atoms with E-state index in [0.717, 1.165) is 20.6 Å². The zero-order valence-corrected chi connectivity index (χ0v) is 11.6. The number of aryl methyl sites for hydroxylation is 1. The van der Waals surface area contributed by atoms with E-state index in [1.807, 2.05) is 18.2 Å². The number of hydrogen-bond donors (Lipinski definition) is 1. The molecule has 92 valence electrons. The van der Waals surface area contributed by atoms with Crippen LogP contribution >= 0.6 is 22.6 Å². The molecule has 1 aliphatic rings. The van der Waals surface area contributed by atoms with Crippen molar-refractivity contribution in [2.24, 2.45) is 7.05 Å². The molecule has 0 unspecified atom stereocenters. The summed E-state index contributed by atoms with van der Waals surface area (Å²) in [7, 11) is 1.75. The first-order chi connectivity index (χ1) is 8.58. The third-order valence-corrected chi connectivity index (χ3v) is 3.59. The Bertz CT molecular complexity index is 664. The second kappa shape index (κ2) is 3.98. The van der Waals surface area contributed by atoms with Crippen LogP contribution in [0.25, 0.3) is 11.3 Å². The van der Waals surface area contributed by atoms with Gasteiger partial charge in [0.25, 0.3) is 0 Å². The van der Waals surface area contributed by atoms with Crippen LogP contribution in [0.3, 0.4) is 0 Å². The van der Waals surface area contributed by atoms with Gasteiger partial charge in [-0.2, -0.15) is 5.10 Å². The summed E-state index contributed by atoms with van der Waals surface area (Å²) >= 11 is 2.22. The Morgan fingerprint density at radius 2 is 2.33 bits per heavy atom. The topological polar surface area (TPSA) is 64.4 Å². The predicted octanol–water partition coefficient (Wildman–Crippen LogP) is 2.28. The van der Waals surface area contributed by atoms with Crippen LogP contribution in [0.1, 0.15) is 16.1 Å². The fourth-order valence-corrected chi connectivity index (χ4v) is 2.67. The van der Waals surface area contributed by atoms with Crippen LogP contribution in [0, 0.1) is 3.57 Å². The fraction of sp³-hybridized carbons (Fsp3) is 0.167. The molecule has 0 saturated carbocycles. The molecule has 2 aromatic rings. The summed E-state index contributed by atoms with van der Waals surface area (Å²) in [4.78, 5) is 11.1. The number of carbonyl (C=O) groups is 1. The van der Waals surface area contributed by atoms with Crippen LogP contribution in [0.2, 0.25) is 0 Å². The van der Waals surface area contributed by atoms with Crippen molar-refractivity contribution in [2.45, 2.75) is 6.61 Å². The lowest BCUT2D eigenvalue weighted by Crippen LogP contribution is -2.09. The standard InChI is InChI=1S/C12H9IN2O3/c1-15-11-7-4-6(13)2-3-9(7)18-5-8(11)10(14-15)12(16)17/h2-4H,5H2,1H3,(H,16,17). The van der Waals surface area contributed by atoms with Gasteiger partial charge in [-0.05, 0) is 40.8 Å². The summed E-state index contributed by atoms with van der Waals surface area (Å²) in [5, 5.41) is 13.2. The van der Waals surface area contributed by atoms with Gasteiger partial charge in [-0.3, -0.25) is 4.68 Å². The summed E-state index contributed by atoms with van der Waals surface area (Å²) in [5.74, 6) is -0.257. The molecule has 0 atom stereocenters. The van der Waals surface area contributed by atoms with Gasteiger partial charge in [-0.1, -0.05) is 0 Å². The second-order valence-corrected chi connectivity index (χ2v) is 5.28. The lowest BCUT2D eigenvalue weighted by molar-refractivity contribution is 0.0686. The van der Waals surface area contributed by atoms with E-state index in [0.29, 0.717) is 5.56 Å². The highest BCUT2D eigenvalue weighted by atomic mass is 127. The maximum absolute atomic E-state index is 11.1. The molecule has 0 saturated heterocycles. The molecule has 1 aromatic heterocycles. The third-order valence-electron chi connectivity index (χ3n) is 2.92. The first-order valence-electron chi connectivity index (χ1n) is 5.30. The van der Waals surface area contributed by atoms with Crippen LogP contribution in [0.5, 0.6) is 5.75 Å². The van der Waals surface area contributed by atoms with Crippen molar-refractivity contribution in [1.29, 1.82) is 0 Å². The number of carboxylic acid groups (broad SMARTS) is 1. The number of halogens is 1. The number of rotatable bonds is 1. The summed E-state index contributed by atoms with van der Waals surface area (Å²) in [5.41, 5.74) is 2.43. The van der Waals surface area contributed by atoms with Gasteiger partial charge >= 0.3 is 5.97 Å². The number of hydrogen-bond acceptors (Lipinski definition) is 3. The Morgan fingerprint density at radius 1 is 1.56 bits per heavy atom. The zero-order valence-electron chi connectivity index (χ0n) is 9.48. The third kappa shape index (κ3) is 1.59. The normalized spacial score (nSPS) is 12.6. The zero-order chi connectivity index (χ0) is 12.9. The van der Waals surface area contributed by atoms with Gasteiger partial charge < -0.3 is 9.84 Å². The predicted molar refractivity (Wildman–Crippen MR) is 72.7 cm³/mol. The van der Waals surface area contributed by atoms with E-state index in [1.165, 1.54) is 0 Å². The van der Waals surface area contributed by atoms with Gasteiger partial charge in [0.1, 0.15) is 12.4 Å². The van der Waals surface area contributed by atoms with Crippen molar-refractivity contribution in [1.82, 2.24) is 9.78 Å². The van der Waals surface area contributed by atoms with Crippen LogP contribution in [0.15, 0.2) is 18.2 Å². The molecule has 0 bridgehead atoms. The van der Waals surface area contributed by atoms with Crippen LogP contribution in [-0.4, -0.2) is 20.9 Å². The molecule has 3 rings (SSSR count). The number of benzene rings is 1. The quantitative estimate of drug-likeness (QED) is 0.797. The van der Waals surface area contributed by atoms with E-state index in [9.17, 15) is 4.79 Å². The lowest BCUT2D eigenvalue weighted by atomic mass is 10.0. The van der Waals surface area contributed by atoms with Gasteiger partial charge in [-0.25, -0.2) is 4.79 Å². The highest BCUT2D eigenvalue weighted by molar-refractivity contribution is 14.1. The van der Waals surface area contributed by atoms with E-state index in [1.54, 1.807) is 11.7 Å². The molecular formula is C12H9IN2O3. The molecule has 1 N–H and O–H groups in total. The van der Waals surface area contributed by atoms with Crippen molar-refractivity contribution in [2.75, 3.05) is 0 Å². The minimum absolute atomic E-state index is 0.0667. The largest absolute Gasteiger partial charge is 0.488 e. The summed E-state index contributed by atoms with van der Waals surface area (Å²) in [6.07, 6.45) is 0.